The second kappa shape index (κ2) is 8.02. The first-order valence-electron chi connectivity index (χ1n) is 7.86. The van der Waals surface area contributed by atoms with Crippen molar-refractivity contribution in [3.63, 3.8) is 0 Å². The number of carbonyl (C=O) groups is 3. The molecule has 23 heavy (non-hydrogen) atoms. The highest BCUT2D eigenvalue weighted by Crippen LogP contribution is 2.46. The maximum absolute atomic E-state index is 11.9. The number of carbonyl (C=O) groups excluding carboxylic acids is 2. The minimum absolute atomic E-state index is 0.153. The zero-order chi connectivity index (χ0) is 17.5. The van der Waals surface area contributed by atoms with Crippen LogP contribution in [0.25, 0.3) is 0 Å². The lowest BCUT2D eigenvalue weighted by molar-refractivity contribution is -0.181. The van der Waals surface area contributed by atoms with E-state index < -0.39 is 22.9 Å². The van der Waals surface area contributed by atoms with E-state index in [-0.39, 0.29) is 6.42 Å². The molecule has 0 saturated heterocycles. The smallest absolute Gasteiger partial charge is 0.337 e. The molecular weight excluding hydrogens is 296 g/mol. The summed E-state index contributed by atoms with van der Waals surface area (Å²) < 4.78 is 0. The summed E-state index contributed by atoms with van der Waals surface area (Å²) in [5, 5.41) is 20.4. The van der Waals surface area contributed by atoms with Crippen LogP contribution in [0.2, 0.25) is 0 Å². The van der Waals surface area contributed by atoms with Gasteiger partial charge in [-0.3, -0.25) is 0 Å². The highest BCUT2D eigenvalue weighted by molar-refractivity contribution is 5.96. The van der Waals surface area contributed by atoms with E-state index in [1.807, 2.05) is 6.92 Å². The lowest BCUT2D eigenvalue weighted by Gasteiger charge is -2.42. The molecule has 0 bridgehead atoms. The molecule has 0 aromatic heterocycles. The number of unbranched alkanes of at least 4 members (excludes halogenated alkanes) is 1. The van der Waals surface area contributed by atoms with E-state index in [0.717, 1.165) is 0 Å². The monoisotopic (exact) mass is 320 g/mol. The second-order valence-electron chi connectivity index (χ2n) is 5.81. The lowest BCUT2D eigenvalue weighted by Crippen LogP contribution is -2.59. The molecule has 1 rings (SSSR count). The second-order valence-corrected chi connectivity index (χ2v) is 5.81. The molecule has 2 N–H and O–H groups in total. The van der Waals surface area contributed by atoms with Crippen LogP contribution in [-0.4, -0.2) is 34.4 Å². The molecule has 0 aliphatic carbocycles. The molecule has 0 spiro atoms. The number of carboxylic acids is 1. The van der Waals surface area contributed by atoms with Gasteiger partial charge in [-0.1, -0.05) is 57.0 Å². The SMILES string of the molecule is CCCCC(O)(C(=O)O)C(C=O)(C=O)C(CC)c1ccccc1. The number of hydrogen-bond donors (Lipinski definition) is 2. The summed E-state index contributed by atoms with van der Waals surface area (Å²) in [6.45, 7) is 3.61. The average molecular weight is 320 g/mol. The van der Waals surface area contributed by atoms with Gasteiger partial charge in [0, 0.05) is 5.92 Å². The zero-order valence-corrected chi connectivity index (χ0v) is 13.6. The quantitative estimate of drug-likeness (QED) is 0.510. The molecule has 1 aromatic carbocycles. The van der Waals surface area contributed by atoms with Gasteiger partial charge in [-0.05, 0) is 18.4 Å². The predicted molar refractivity (Wildman–Crippen MR) is 86.1 cm³/mol. The highest BCUT2D eigenvalue weighted by Gasteiger charge is 2.59. The summed E-state index contributed by atoms with van der Waals surface area (Å²) in [5.41, 5.74) is -3.79. The molecular formula is C18H24O5. The van der Waals surface area contributed by atoms with Crippen LogP contribution in [0.3, 0.4) is 0 Å². The fourth-order valence-electron chi connectivity index (χ4n) is 3.15. The third-order valence-corrected chi connectivity index (χ3v) is 4.54. The van der Waals surface area contributed by atoms with Gasteiger partial charge in [0.25, 0.3) is 0 Å². The minimum atomic E-state index is -2.43. The van der Waals surface area contributed by atoms with E-state index in [4.69, 9.17) is 0 Å². The molecule has 1 aromatic rings. The van der Waals surface area contributed by atoms with Crippen LogP contribution in [0.15, 0.2) is 30.3 Å². The van der Waals surface area contributed by atoms with Crippen molar-refractivity contribution in [2.24, 2.45) is 5.41 Å². The van der Waals surface area contributed by atoms with Crippen molar-refractivity contribution in [1.29, 1.82) is 0 Å². The fraction of sp³-hybridized carbons (Fsp3) is 0.500. The molecule has 0 amide bonds. The van der Waals surface area contributed by atoms with Crippen molar-refractivity contribution in [1.82, 2.24) is 0 Å². The van der Waals surface area contributed by atoms with Crippen LogP contribution in [0.1, 0.15) is 51.0 Å². The number of benzene rings is 1. The summed E-state index contributed by atoms with van der Waals surface area (Å²) in [7, 11) is 0. The van der Waals surface area contributed by atoms with Gasteiger partial charge in [-0.2, -0.15) is 0 Å². The molecule has 0 aliphatic heterocycles. The number of aliphatic hydroxyl groups is 1. The fourth-order valence-corrected chi connectivity index (χ4v) is 3.15. The molecule has 0 fully saturated rings. The van der Waals surface area contributed by atoms with Crippen LogP contribution < -0.4 is 0 Å². The normalized spacial score (nSPS) is 15.4. The maximum Gasteiger partial charge on any atom is 0.337 e. The first kappa shape index (κ1) is 19.0. The van der Waals surface area contributed by atoms with Gasteiger partial charge < -0.3 is 19.8 Å². The van der Waals surface area contributed by atoms with Crippen molar-refractivity contribution in [2.45, 2.75) is 51.0 Å². The Hall–Kier alpha value is -2.01. The Balaban J connectivity index is 3.52. The van der Waals surface area contributed by atoms with Crippen molar-refractivity contribution in [3.05, 3.63) is 35.9 Å². The Labute approximate surface area is 136 Å². The third kappa shape index (κ3) is 3.34. The third-order valence-electron chi connectivity index (χ3n) is 4.54. The lowest BCUT2D eigenvalue weighted by atomic mass is 9.61. The number of carboxylic acid groups (broad SMARTS) is 1. The standard InChI is InChI=1S/C18H24O5/c1-3-5-11-18(23,16(21)22)17(12-19,13-20)15(4-2)14-9-7-6-8-10-14/h6-10,12-13,15,23H,3-5,11H2,1-2H3,(H,21,22). The van der Waals surface area contributed by atoms with Gasteiger partial charge in [-0.15, -0.1) is 0 Å². The summed E-state index contributed by atoms with van der Waals surface area (Å²) in [5.74, 6) is -2.25. The van der Waals surface area contributed by atoms with Crippen molar-refractivity contribution < 1.29 is 24.6 Å². The number of rotatable bonds is 10. The topological polar surface area (TPSA) is 91.7 Å². The van der Waals surface area contributed by atoms with E-state index in [2.05, 4.69) is 0 Å². The molecule has 0 aliphatic rings. The van der Waals surface area contributed by atoms with Crippen molar-refractivity contribution in [3.8, 4) is 0 Å². The first-order chi connectivity index (χ1) is 10.9. The van der Waals surface area contributed by atoms with Crippen LogP contribution in [0.4, 0.5) is 0 Å². The predicted octanol–water partition coefficient (Wildman–Crippen LogP) is 2.57. The van der Waals surface area contributed by atoms with E-state index in [1.165, 1.54) is 0 Å². The molecule has 0 radical (unpaired) electrons. The molecule has 2 unspecified atom stereocenters. The Morgan fingerprint density at radius 1 is 1.17 bits per heavy atom. The zero-order valence-electron chi connectivity index (χ0n) is 13.6. The van der Waals surface area contributed by atoms with E-state index in [9.17, 15) is 24.6 Å². The van der Waals surface area contributed by atoms with Gasteiger partial charge in [0.05, 0.1) is 0 Å². The average Bonchev–Trinajstić information content (AvgIpc) is 2.58. The largest absolute Gasteiger partial charge is 0.479 e. The van der Waals surface area contributed by atoms with Gasteiger partial charge >= 0.3 is 5.97 Å². The van der Waals surface area contributed by atoms with Crippen molar-refractivity contribution >= 4 is 18.5 Å². The summed E-state index contributed by atoms with van der Waals surface area (Å²) in [6.07, 6.45) is 1.86. The number of aldehydes is 2. The summed E-state index contributed by atoms with van der Waals surface area (Å²) in [4.78, 5) is 35.6. The molecule has 5 nitrogen and oxygen atoms in total. The molecule has 0 saturated carbocycles. The Morgan fingerprint density at radius 3 is 2.13 bits per heavy atom. The Bertz CT molecular complexity index is 532. The van der Waals surface area contributed by atoms with Gasteiger partial charge in [0.2, 0.25) is 0 Å². The molecule has 0 heterocycles. The summed E-state index contributed by atoms with van der Waals surface area (Å²) >= 11 is 0. The number of hydrogen-bond acceptors (Lipinski definition) is 4. The summed E-state index contributed by atoms with van der Waals surface area (Å²) in [6, 6.07) is 8.77. The minimum Gasteiger partial charge on any atom is -0.479 e. The highest BCUT2D eigenvalue weighted by atomic mass is 16.4. The Morgan fingerprint density at radius 2 is 1.74 bits per heavy atom. The van der Waals surface area contributed by atoms with Crippen LogP contribution in [0, 0.1) is 5.41 Å². The van der Waals surface area contributed by atoms with Crippen LogP contribution in [-0.2, 0) is 14.4 Å². The van der Waals surface area contributed by atoms with Crippen molar-refractivity contribution in [2.75, 3.05) is 0 Å². The van der Waals surface area contributed by atoms with Gasteiger partial charge in [-0.25, -0.2) is 4.79 Å². The van der Waals surface area contributed by atoms with Crippen LogP contribution in [0.5, 0.6) is 0 Å². The van der Waals surface area contributed by atoms with E-state index >= 15 is 0 Å². The van der Waals surface area contributed by atoms with Gasteiger partial charge in [0.1, 0.15) is 18.0 Å². The van der Waals surface area contributed by atoms with E-state index in [1.54, 1.807) is 37.3 Å². The molecule has 126 valence electrons. The maximum atomic E-state index is 11.9. The van der Waals surface area contributed by atoms with Gasteiger partial charge in [0.15, 0.2) is 5.60 Å². The Kier molecular flexibility index (Phi) is 6.63. The first-order valence-corrected chi connectivity index (χ1v) is 7.86. The van der Waals surface area contributed by atoms with Crippen LogP contribution >= 0.6 is 0 Å². The molecule has 2 atom stereocenters. The molecule has 5 heteroatoms. The number of aliphatic carboxylic acids is 1. The van der Waals surface area contributed by atoms with E-state index in [0.29, 0.717) is 37.4 Å².